The fourth-order valence-corrected chi connectivity index (χ4v) is 1.73. The Hall–Kier alpha value is -0.830. The molecule has 0 aliphatic heterocycles. The monoisotopic (exact) mass is 195 g/mol. The van der Waals surface area contributed by atoms with Gasteiger partial charge >= 0.3 is 0 Å². The molecule has 0 aliphatic rings. The van der Waals surface area contributed by atoms with Crippen molar-refractivity contribution in [2.75, 3.05) is 0 Å². The van der Waals surface area contributed by atoms with E-state index in [4.69, 9.17) is 0 Å². The van der Waals surface area contributed by atoms with E-state index >= 15 is 0 Å². The third-order valence-corrected chi connectivity index (χ3v) is 2.43. The van der Waals surface area contributed by atoms with Crippen molar-refractivity contribution in [2.45, 2.75) is 31.0 Å². The maximum Gasteiger partial charge on any atom is 0.159 e. The third-order valence-electron chi connectivity index (χ3n) is 1.50. The average Bonchev–Trinajstić information content (AvgIpc) is 2.03. The van der Waals surface area contributed by atoms with E-state index in [-0.39, 0.29) is 5.78 Å². The van der Waals surface area contributed by atoms with Gasteiger partial charge in [-0.25, -0.2) is 4.98 Å². The van der Waals surface area contributed by atoms with Crippen molar-refractivity contribution in [1.82, 2.24) is 4.98 Å². The Bertz CT molecular complexity index is 310. The van der Waals surface area contributed by atoms with Gasteiger partial charge in [0.1, 0.15) is 0 Å². The second kappa shape index (κ2) is 4.42. The summed E-state index contributed by atoms with van der Waals surface area (Å²) in [5, 5.41) is 1.41. The topological polar surface area (TPSA) is 30.0 Å². The van der Waals surface area contributed by atoms with Gasteiger partial charge in [0.15, 0.2) is 5.78 Å². The zero-order valence-corrected chi connectivity index (χ0v) is 8.89. The van der Waals surface area contributed by atoms with Gasteiger partial charge in [-0.1, -0.05) is 13.8 Å². The molecule has 1 rings (SSSR count). The molecule has 0 bridgehead atoms. The van der Waals surface area contributed by atoms with Crippen LogP contribution >= 0.6 is 11.8 Å². The van der Waals surface area contributed by atoms with E-state index in [1.807, 2.05) is 6.07 Å². The number of Topliss-reactive ketones (excluding diaryl/α,β-unsaturated/α-hetero) is 1. The second-order valence-electron chi connectivity index (χ2n) is 3.11. The van der Waals surface area contributed by atoms with E-state index in [9.17, 15) is 4.79 Å². The van der Waals surface area contributed by atoms with Gasteiger partial charge in [-0.05, 0) is 19.1 Å². The van der Waals surface area contributed by atoms with Gasteiger partial charge in [-0.2, -0.15) is 0 Å². The molecule has 3 heteroatoms. The molecular weight excluding hydrogens is 182 g/mol. The molecule has 0 N–H and O–H groups in total. The molecule has 1 heterocycles. The van der Waals surface area contributed by atoms with Gasteiger partial charge < -0.3 is 0 Å². The van der Waals surface area contributed by atoms with Crippen molar-refractivity contribution < 1.29 is 4.79 Å². The zero-order chi connectivity index (χ0) is 9.84. The SMILES string of the molecule is CC(=O)c1ccnc(SC(C)C)c1. The molecule has 2 nitrogen and oxygen atoms in total. The Morgan fingerprint density at radius 3 is 2.77 bits per heavy atom. The minimum Gasteiger partial charge on any atom is -0.295 e. The summed E-state index contributed by atoms with van der Waals surface area (Å²) >= 11 is 1.67. The summed E-state index contributed by atoms with van der Waals surface area (Å²) in [6, 6.07) is 3.58. The van der Waals surface area contributed by atoms with Crippen molar-refractivity contribution in [1.29, 1.82) is 0 Å². The Balaban J connectivity index is 2.85. The Kier molecular flexibility index (Phi) is 3.48. The van der Waals surface area contributed by atoms with E-state index in [0.717, 1.165) is 10.6 Å². The fourth-order valence-electron chi connectivity index (χ4n) is 0.934. The number of rotatable bonds is 3. The lowest BCUT2D eigenvalue weighted by Gasteiger charge is -2.04. The van der Waals surface area contributed by atoms with Crippen molar-refractivity contribution in [3.63, 3.8) is 0 Å². The van der Waals surface area contributed by atoms with Gasteiger partial charge in [-0.3, -0.25) is 4.79 Å². The summed E-state index contributed by atoms with van der Waals surface area (Å²) in [6.07, 6.45) is 1.68. The smallest absolute Gasteiger partial charge is 0.159 e. The van der Waals surface area contributed by atoms with Crippen LogP contribution in [0.4, 0.5) is 0 Å². The number of hydrogen-bond acceptors (Lipinski definition) is 3. The van der Waals surface area contributed by atoms with Crippen molar-refractivity contribution in [2.24, 2.45) is 0 Å². The Labute approximate surface area is 82.8 Å². The van der Waals surface area contributed by atoms with Crippen molar-refractivity contribution >= 4 is 17.5 Å². The molecule has 0 aliphatic carbocycles. The van der Waals surface area contributed by atoms with Crippen molar-refractivity contribution in [3.05, 3.63) is 23.9 Å². The summed E-state index contributed by atoms with van der Waals surface area (Å²) in [6.45, 7) is 5.78. The molecule has 0 saturated carbocycles. The van der Waals surface area contributed by atoms with Gasteiger partial charge in [0.2, 0.25) is 0 Å². The highest BCUT2D eigenvalue weighted by Crippen LogP contribution is 2.20. The number of carbonyl (C=O) groups is 1. The maximum atomic E-state index is 11.0. The molecule has 0 aromatic carbocycles. The first-order valence-electron chi connectivity index (χ1n) is 4.23. The molecule has 13 heavy (non-hydrogen) atoms. The number of aromatic nitrogens is 1. The lowest BCUT2D eigenvalue weighted by Crippen LogP contribution is -1.95. The van der Waals surface area contributed by atoms with Crippen LogP contribution in [0.25, 0.3) is 0 Å². The molecule has 0 spiro atoms. The van der Waals surface area contributed by atoms with E-state index in [2.05, 4.69) is 18.8 Å². The molecule has 0 fully saturated rings. The van der Waals surface area contributed by atoms with Gasteiger partial charge in [0.25, 0.3) is 0 Å². The third kappa shape index (κ3) is 3.19. The normalized spacial score (nSPS) is 10.5. The molecule has 0 radical (unpaired) electrons. The molecule has 0 unspecified atom stereocenters. The summed E-state index contributed by atoms with van der Waals surface area (Å²) in [4.78, 5) is 15.2. The predicted octanol–water partition coefficient (Wildman–Crippen LogP) is 2.78. The highest BCUT2D eigenvalue weighted by Gasteiger charge is 2.03. The van der Waals surface area contributed by atoms with E-state index in [0.29, 0.717) is 5.25 Å². The first-order chi connectivity index (χ1) is 6.09. The molecule has 0 saturated heterocycles. The average molecular weight is 195 g/mol. The number of pyridine rings is 1. The van der Waals surface area contributed by atoms with E-state index in [1.165, 1.54) is 0 Å². The van der Waals surface area contributed by atoms with Crippen LogP contribution in [0.2, 0.25) is 0 Å². The quantitative estimate of drug-likeness (QED) is 0.548. The zero-order valence-electron chi connectivity index (χ0n) is 8.07. The number of ketones is 1. The summed E-state index contributed by atoms with van der Waals surface area (Å²) in [7, 11) is 0. The van der Waals surface area contributed by atoms with Crippen LogP contribution in [0, 0.1) is 0 Å². The predicted molar refractivity (Wildman–Crippen MR) is 55.2 cm³/mol. The summed E-state index contributed by atoms with van der Waals surface area (Å²) < 4.78 is 0. The Morgan fingerprint density at radius 1 is 1.54 bits per heavy atom. The van der Waals surface area contributed by atoms with Gasteiger partial charge in [0.05, 0.1) is 5.03 Å². The standard InChI is InChI=1S/C10H13NOS/c1-7(2)13-10-6-9(8(3)12)4-5-11-10/h4-7H,1-3H3. The minimum atomic E-state index is 0.0907. The van der Waals surface area contributed by atoms with Crippen LogP contribution < -0.4 is 0 Å². The lowest BCUT2D eigenvalue weighted by molar-refractivity contribution is 0.101. The maximum absolute atomic E-state index is 11.0. The summed E-state index contributed by atoms with van der Waals surface area (Å²) in [5.41, 5.74) is 0.734. The number of thioether (sulfide) groups is 1. The number of hydrogen-bond donors (Lipinski definition) is 0. The van der Waals surface area contributed by atoms with E-state index < -0.39 is 0 Å². The molecule has 1 aromatic heterocycles. The van der Waals surface area contributed by atoms with Crippen LogP contribution in [0.3, 0.4) is 0 Å². The first-order valence-corrected chi connectivity index (χ1v) is 5.11. The minimum absolute atomic E-state index is 0.0907. The second-order valence-corrected chi connectivity index (χ2v) is 4.70. The van der Waals surface area contributed by atoms with Crippen LogP contribution in [0.15, 0.2) is 23.4 Å². The number of carbonyl (C=O) groups excluding carboxylic acids is 1. The Morgan fingerprint density at radius 2 is 2.23 bits per heavy atom. The molecule has 0 amide bonds. The molecular formula is C10H13NOS. The first kappa shape index (κ1) is 10.3. The fraction of sp³-hybridized carbons (Fsp3) is 0.400. The van der Waals surface area contributed by atoms with Crippen LogP contribution in [-0.2, 0) is 0 Å². The summed E-state index contributed by atoms with van der Waals surface area (Å²) in [5.74, 6) is 0.0907. The van der Waals surface area contributed by atoms with E-state index in [1.54, 1.807) is 30.9 Å². The lowest BCUT2D eigenvalue weighted by atomic mass is 10.2. The van der Waals surface area contributed by atoms with Gasteiger partial charge in [0, 0.05) is 17.0 Å². The molecule has 70 valence electrons. The van der Waals surface area contributed by atoms with Crippen LogP contribution in [-0.4, -0.2) is 16.0 Å². The molecule has 0 atom stereocenters. The molecule has 1 aromatic rings. The van der Waals surface area contributed by atoms with Crippen LogP contribution in [0.5, 0.6) is 0 Å². The van der Waals surface area contributed by atoms with Crippen LogP contribution in [0.1, 0.15) is 31.1 Å². The largest absolute Gasteiger partial charge is 0.295 e. The number of nitrogens with zero attached hydrogens (tertiary/aromatic N) is 1. The highest BCUT2D eigenvalue weighted by atomic mass is 32.2. The van der Waals surface area contributed by atoms with Crippen molar-refractivity contribution in [3.8, 4) is 0 Å². The van der Waals surface area contributed by atoms with Gasteiger partial charge in [-0.15, -0.1) is 11.8 Å². The highest BCUT2D eigenvalue weighted by molar-refractivity contribution is 7.99.